The van der Waals surface area contributed by atoms with Gasteiger partial charge in [0.25, 0.3) is 0 Å². The van der Waals surface area contributed by atoms with E-state index in [9.17, 15) is 4.79 Å². The first kappa shape index (κ1) is 17.5. The van der Waals surface area contributed by atoms with E-state index in [-0.39, 0.29) is 11.2 Å². The van der Waals surface area contributed by atoms with Gasteiger partial charge in [0.1, 0.15) is 5.75 Å². The molecular weight excluding hydrogens is 336 g/mol. The number of thioether (sulfide) groups is 1. The second-order valence-electron chi connectivity index (χ2n) is 5.98. The number of carbonyl (C=O) groups is 1. The van der Waals surface area contributed by atoms with Crippen molar-refractivity contribution in [2.45, 2.75) is 42.8 Å². The van der Waals surface area contributed by atoms with Crippen LogP contribution in [0.15, 0.2) is 42.1 Å². The van der Waals surface area contributed by atoms with Crippen molar-refractivity contribution in [3.05, 3.63) is 36.9 Å². The summed E-state index contributed by atoms with van der Waals surface area (Å²) in [5.41, 5.74) is 0.942. The van der Waals surface area contributed by atoms with Crippen molar-refractivity contribution in [2.24, 2.45) is 0 Å². The summed E-state index contributed by atoms with van der Waals surface area (Å²) in [6.07, 6.45) is 3.96. The van der Waals surface area contributed by atoms with Gasteiger partial charge in [0.15, 0.2) is 11.0 Å². The quantitative estimate of drug-likeness (QED) is 0.580. The van der Waals surface area contributed by atoms with E-state index in [4.69, 9.17) is 4.74 Å². The Morgan fingerprint density at radius 2 is 2.16 bits per heavy atom. The van der Waals surface area contributed by atoms with Crippen molar-refractivity contribution in [1.29, 1.82) is 0 Å². The standard InChI is InChI=1S/C18H22N4O2S/c1-4-11-22-16(13-5-9-15(24-3)10-6-13)20-21-18(22)25-12(2)17(23)19-14-7-8-14/h4-6,9-10,12,14H,1,7-8,11H2,2-3H3,(H,19,23)/t12-/m0/s1. The summed E-state index contributed by atoms with van der Waals surface area (Å²) in [6, 6.07) is 8.03. The molecule has 25 heavy (non-hydrogen) atoms. The summed E-state index contributed by atoms with van der Waals surface area (Å²) in [7, 11) is 1.64. The first-order chi connectivity index (χ1) is 12.1. The molecule has 2 aromatic rings. The van der Waals surface area contributed by atoms with Crippen LogP contribution in [-0.4, -0.2) is 39.1 Å². The molecule has 6 nitrogen and oxygen atoms in total. The van der Waals surface area contributed by atoms with Gasteiger partial charge in [-0.3, -0.25) is 9.36 Å². The smallest absolute Gasteiger partial charge is 0.233 e. The summed E-state index contributed by atoms with van der Waals surface area (Å²) in [5.74, 6) is 1.59. The van der Waals surface area contributed by atoms with Crippen LogP contribution in [-0.2, 0) is 11.3 Å². The minimum Gasteiger partial charge on any atom is -0.497 e. The van der Waals surface area contributed by atoms with E-state index >= 15 is 0 Å². The third-order valence-corrected chi connectivity index (χ3v) is 5.03. The molecule has 1 aromatic heterocycles. The van der Waals surface area contributed by atoms with Crippen LogP contribution in [0, 0.1) is 0 Å². The van der Waals surface area contributed by atoms with E-state index in [0.717, 1.165) is 30.0 Å². The van der Waals surface area contributed by atoms with E-state index in [1.54, 1.807) is 13.2 Å². The molecule has 0 bridgehead atoms. The van der Waals surface area contributed by atoms with E-state index < -0.39 is 0 Å². The number of methoxy groups -OCH3 is 1. The Bertz CT molecular complexity index is 753. The maximum Gasteiger partial charge on any atom is 0.233 e. The highest BCUT2D eigenvalue weighted by molar-refractivity contribution is 8.00. The van der Waals surface area contributed by atoms with Crippen LogP contribution in [0.1, 0.15) is 19.8 Å². The fourth-order valence-corrected chi connectivity index (χ4v) is 3.25. The van der Waals surface area contributed by atoms with Gasteiger partial charge < -0.3 is 10.1 Å². The molecule has 1 aliphatic rings. The second-order valence-corrected chi connectivity index (χ2v) is 7.28. The number of hydrogen-bond donors (Lipinski definition) is 1. The number of benzene rings is 1. The summed E-state index contributed by atoms with van der Waals surface area (Å²) in [5, 5.41) is 12.1. The lowest BCUT2D eigenvalue weighted by Gasteiger charge is -2.12. The van der Waals surface area contributed by atoms with Gasteiger partial charge in [-0.25, -0.2) is 0 Å². The summed E-state index contributed by atoms with van der Waals surface area (Å²) in [6.45, 7) is 6.28. The molecule has 1 fully saturated rings. The van der Waals surface area contributed by atoms with Gasteiger partial charge >= 0.3 is 0 Å². The molecule has 1 amide bonds. The van der Waals surface area contributed by atoms with Crippen molar-refractivity contribution < 1.29 is 9.53 Å². The van der Waals surface area contributed by atoms with Crippen LogP contribution in [0.25, 0.3) is 11.4 Å². The number of nitrogens with one attached hydrogen (secondary N) is 1. The van der Waals surface area contributed by atoms with Gasteiger partial charge in [0, 0.05) is 18.2 Å². The molecule has 0 spiro atoms. The SMILES string of the molecule is C=CCn1c(S[C@@H](C)C(=O)NC2CC2)nnc1-c1ccc(OC)cc1. The minimum absolute atomic E-state index is 0.0478. The minimum atomic E-state index is -0.225. The average molecular weight is 358 g/mol. The second kappa shape index (κ2) is 7.74. The molecule has 1 heterocycles. The van der Waals surface area contributed by atoms with Crippen LogP contribution in [0.3, 0.4) is 0 Å². The summed E-state index contributed by atoms with van der Waals surface area (Å²) < 4.78 is 7.17. The van der Waals surface area contributed by atoms with Gasteiger partial charge in [-0.2, -0.15) is 0 Å². The maximum atomic E-state index is 12.2. The van der Waals surface area contributed by atoms with Gasteiger partial charge in [0.05, 0.1) is 12.4 Å². The van der Waals surface area contributed by atoms with Crippen LogP contribution in [0.5, 0.6) is 5.75 Å². The molecule has 0 aliphatic heterocycles. The summed E-state index contributed by atoms with van der Waals surface area (Å²) >= 11 is 1.42. The topological polar surface area (TPSA) is 69.0 Å². The number of rotatable bonds is 8. The van der Waals surface area contributed by atoms with Gasteiger partial charge in [0.2, 0.25) is 5.91 Å². The van der Waals surface area contributed by atoms with Crippen LogP contribution < -0.4 is 10.1 Å². The Balaban J connectivity index is 1.80. The highest BCUT2D eigenvalue weighted by Crippen LogP contribution is 2.28. The van der Waals surface area contributed by atoms with Crippen molar-refractivity contribution >= 4 is 17.7 Å². The lowest BCUT2D eigenvalue weighted by Crippen LogP contribution is -2.32. The molecule has 0 unspecified atom stereocenters. The first-order valence-electron chi connectivity index (χ1n) is 8.28. The van der Waals surface area contributed by atoms with E-state index in [0.29, 0.717) is 17.7 Å². The lowest BCUT2D eigenvalue weighted by atomic mass is 10.2. The van der Waals surface area contributed by atoms with Crippen molar-refractivity contribution in [3.63, 3.8) is 0 Å². The predicted molar refractivity (Wildman–Crippen MR) is 98.7 cm³/mol. The van der Waals surface area contributed by atoms with Crippen LogP contribution >= 0.6 is 11.8 Å². The molecule has 3 rings (SSSR count). The number of ether oxygens (including phenoxy) is 1. The summed E-state index contributed by atoms with van der Waals surface area (Å²) in [4.78, 5) is 12.2. The number of amides is 1. The Kier molecular flexibility index (Phi) is 5.43. The number of allylic oxidation sites excluding steroid dienone is 1. The normalized spacial score (nSPS) is 14.8. The largest absolute Gasteiger partial charge is 0.497 e. The fraction of sp³-hybridized carbons (Fsp3) is 0.389. The van der Waals surface area contributed by atoms with Crippen molar-refractivity contribution in [2.75, 3.05) is 7.11 Å². The van der Waals surface area contributed by atoms with Gasteiger partial charge in [-0.15, -0.1) is 16.8 Å². The Morgan fingerprint density at radius 3 is 2.76 bits per heavy atom. The third-order valence-electron chi connectivity index (χ3n) is 3.95. The maximum absolute atomic E-state index is 12.2. The zero-order chi connectivity index (χ0) is 17.8. The van der Waals surface area contributed by atoms with Gasteiger partial charge in [-0.1, -0.05) is 17.8 Å². The number of hydrogen-bond acceptors (Lipinski definition) is 5. The number of nitrogens with zero attached hydrogens (tertiary/aromatic N) is 3. The van der Waals surface area contributed by atoms with Crippen molar-refractivity contribution in [1.82, 2.24) is 20.1 Å². The third kappa shape index (κ3) is 4.22. The van der Waals surface area contributed by atoms with Crippen LogP contribution in [0.4, 0.5) is 0 Å². The highest BCUT2D eigenvalue weighted by atomic mass is 32.2. The molecule has 1 saturated carbocycles. The zero-order valence-corrected chi connectivity index (χ0v) is 15.3. The van der Waals surface area contributed by atoms with E-state index in [1.807, 2.05) is 35.8 Å². The van der Waals surface area contributed by atoms with E-state index in [1.165, 1.54) is 11.8 Å². The molecule has 0 saturated heterocycles. The predicted octanol–water partition coefficient (Wildman–Crippen LogP) is 2.90. The highest BCUT2D eigenvalue weighted by Gasteiger charge is 2.27. The Morgan fingerprint density at radius 1 is 1.44 bits per heavy atom. The molecule has 0 radical (unpaired) electrons. The molecule has 1 N–H and O–H groups in total. The first-order valence-corrected chi connectivity index (χ1v) is 9.16. The Hall–Kier alpha value is -2.28. The molecule has 1 aromatic carbocycles. The van der Waals surface area contributed by atoms with E-state index in [2.05, 4.69) is 22.1 Å². The average Bonchev–Trinajstić information content (AvgIpc) is 3.36. The molecule has 1 atom stereocenters. The van der Waals surface area contributed by atoms with Gasteiger partial charge in [-0.05, 0) is 44.0 Å². The fourth-order valence-electron chi connectivity index (χ4n) is 2.38. The lowest BCUT2D eigenvalue weighted by molar-refractivity contribution is -0.120. The van der Waals surface area contributed by atoms with Crippen molar-refractivity contribution in [3.8, 4) is 17.1 Å². The zero-order valence-electron chi connectivity index (χ0n) is 14.4. The van der Waals surface area contributed by atoms with Crippen LogP contribution in [0.2, 0.25) is 0 Å². The molecule has 1 aliphatic carbocycles. The number of aromatic nitrogens is 3. The molecule has 7 heteroatoms. The molecule has 132 valence electrons. The number of carbonyl (C=O) groups excluding carboxylic acids is 1. The molecular formula is C18H22N4O2S. The Labute approximate surface area is 151 Å². The monoisotopic (exact) mass is 358 g/mol.